The minimum atomic E-state index is -5.80. The molecule has 0 spiro atoms. The number of hydrogen-bond donors (Lipinski definition) is 0. The van der Waals surface area contributed by atoms with Gasteiger partial charge in [-0.1, -0.05) is 0 Å². The SMILES string of the molecule is Fc1c(F)c(C(F)(F)F)c(F)c(C(F)(F)F)c1Br. The van der Waals surface area contributed by atoms with Crippen molar-refractivity contribution >= 4 is 15.9 Å². The van der Waals surface area contributed by atoms with Crippen LogP contribution >= 0.6 is 15.9 Å². The van der Waals surface area contributed by atoms with Crippen LogP contribution in [0.3, 0.4) is 0 Å². The van der Waals surface area contributed by atoms with Crippen molar-refractivity contribution in [2.45, 2.75) is 12.4 Å². The van der Waals surface area contributed by atoms with Gasteiger partial charge in [0, 0.05) is 0 Å². The maximum absolute atomic E-state index is 13.1. The first-order valence-corrected chi connectivity index (χ1v) is 4.68. The Morgan fingerprint density at radius 3 is 1.33 bits per heavy atom. The van der Waals surface area contributed by atoms with Gasteiger partial charge in [-0.2, -0.15) is 26.3 Å². The zero-order valence-electron chi connectivity index (χ0n) is 7.78. The minimum absolute atomic E-state index is 1.75. The molecular formula is C8BrF9. The average molecular weight is 347 g/mol. The van der Waals surface area contributed by atoms with E-state index in [2.05, 4.69) is 0 Å². The predicted molar refractivity (Wildman–Crippen MR) is 44.0 cm³/mol. The molecule has 0 aliphatic carbocycles. The predicted octanol–water partition coefficient (Wildman–Crippen LogP) is 4.90. The molecule has 0 aliphatic rings. The van der Waals surface area contributed by atoms with Crippen LogP contribution in [0, 0.1) is 17.5 Å². The summed E-state index contributed by atoms with van der Waals surface area (Å²) in [7, 11) is 0. The summed E-state index contributed by atoms with van der Waals surface area (Å²) in [4.78, 5) is 0. The fourth-order valence-corrected chi connectivity index (χ4v) is 1.70. The summed E-state index contributed by atoms with van der Waals surface area (Å²) in [6.07, 6.45) is -11.4. The monoisotopic (exact) mass is 346 g/mol. The first kappa shape index (κ1) is 15.1. The summed E-state index contributed by atoms with van der Waals surface area (Å²) >= 11 is 1.88. The Balaban J connectivity index is 3.83. The molecule has 0 nitrogen and oxygen atoms in total. The lowest BCUT2D eigenvalue weighted by Gasteiger charge is -2.16. The van der Waals surface area contributed by atoms with E-state index in [0.29, 0.717) is 0 Å². The fourth-order valence-electron chi connectivity index (χ4n) is 1.13. The van der Waals surface area contributed by atoms with Gasteiger partial charge in [-0.25, -0.2) is 13.2 Å². The number of benzene rings is 1. The van der Waals surface area contributed by atoms with Crippen LogP contribution in [0.15, 0.2) is 4.47 Å². The van der Waals surface area contributed by atoms with E-state index in [1.54, 1.807) is 0 Å². The Hall–Kier alpha value is -0.930. The van der Waals surface area contributed by atoms with Gasteiger partial charge >= 0.3 is 12.4 Å². The van der Waals surface area contributed by atoms with Crippen molar-refractivity contribution in [3.05, 3.63) is 33.1 Å². The van der Waals surface area contributed by atoms with Gasteiger partial charge in [-0.3, -0.25) is 0 Å². The third-order valence-corrected chi connectivity index (χ3v) is 2.57. The molecule has 0 radical (unpaired) electrons. The number of hydrogen-bond acceptors (Lipinski definition) is 0. The van der Waals surface area contributed by atoms with Gasteiger partial charge in [0.15, 0.2) is 17.5 Å². The van der Waals surface area contributed by atoms with E-state index >= 15 is 0 Å². The van der Waals surface area contributed by atoms with Gasteiger partial charge in [0.2, 0.25) is 0 Å². The van der Waals surface area contributed by atoms with Gasteiger partial charge in [0.05, 0.1) is 4.47 Å². The van der Waals surface area contributed by atoms with Crippen molar-refractivity contribution in [2.24, 2.45) is 0 Å². The molecule has 0 unspecified atom stereocenters. The van der Waals surface area contributed by atoms with Crippen LogP contribution < -0.4 is 0 Å². The molecule has 0 saturated heterocycles. The molecule has 1 rings (SSSR count). The zero-order valence-corrected chi connectivity index (χ0v) is 9.37. The molecule has 0 aromatic heterocycles. The molecule has 0 aliphatic heterocycles. The first-order chi connectivity index (χ1) is 7.89. The van der Waals surface area contributed by atoms with Crippen LogP contribution in [0.2, 0.25) is 0 Å². The fraction of sp³-hybridized carbons (Fsp3) is 0.250. The van der Waals surface area contributed by atoms with Crippen LogP contribution in [-0.4, -0.2) is 0 Å². The number of alkyl halides is 6. The second kappa shape index (κ2) is 4.32. The van der Waals surface area contributed by atoms with Crippen LogP contribution in [0.1, 0.15) is 11.1 Å². The highest BCUT2D eigenvalue weighted by Gasteiger charge is 2.47. The summed E-state index contributed by atoms with van der Waals surface area (Å²) in [5.41, 5.74) is -5.47. The smallest absolute Gasteiger partial charge is 0.206 e. The zero-order chi connectivity index (χ0) is 14.5. The second-order valence-corrected chi connectivity index (χ2v) is 3.79. The maximum Gasteiger partial charge on any atom is 0.422 e. The van der Waals surface area contributed by atoms with Crippen molar-refractivity contribution in [1.82, 2.24) is 0 Å². The van der Waals surface area contributed by atoms with Crippen molar-refractivity contribution in [3.8, 4) is 0 Å². The quantitative estimate of drug-likeness (QED) is 0.356. The molecule has 0 N–H and O–H groups in total. The van der Waals surface area contributed by atoms with Crippen molar-refractivity contribution in [3.63, 3.8) is 0 Å². The van der Waals surface area contributed by atoms with Crippen LogP contribution in [0.5, 0.6) is 0 Å². The van der Waals surface area contributed by atoms with Gasteiger partial charge in [0.25, 0.3) is 0 Å². The molecular weight excluding hydrogens is 347 g/mol. The third-order valence-electron chi connectivity index (χ3n) is 1.83. The molecule has 0 atom stereocenters. The molecule has 0 amide bonds. The normalized spacial score (nSPS) is 13.0. The molecule has 0 heterocycles. The lowest BCUT2D eigenvalue weighted by Crippen LogP contribution is -2.20. The Kier molecular flexibility index (Phi) is 3.63. The summed E-state index contributed by atoms with van der Waals surface area (Å²) < 4.78 is 110. The average Bonchev–Trinajstić information content (AvgIpc) is 2.09. The molecule has 0 bridgehead atoms. The second-order valence-electron chi connectivity index (χ2n) is 3.00. The van der Waals surface area contributed by atoms with E-state index < -0.39 is 45.4 Å². The van der Waals surface area contributed by atoms with Crippen LogP contribution in [0.4, 0.5) is 39.5 Å². The number of rotatable bonds is 0. The summed E-state index contributed by atoms with van der Waals surface area (Å²) in [5.74, 6) is -8.11. The standard InChI is InChI=1S/C8BrF9/c9-3-1(7(13,14)15)4(10)2(8(16,17)18)5(11)6(3)12. The summed E-state index contributed by atoms with van der Waals surface area (Å²) in [6.45, 7) is 0. The Morgan fingerprint density at radius 1 is 0.611 bits per heavy atom. The Labute approximate surface area is 102 Å². The van der Waals surface area contributed by atoms with Gasteiger partial charge in [-0.05, 0) is 15.9 Å². The van der Waals surface area contributed by atoms with Crippen LogP contribution in [-0.2, 0) is 12.4 Å². The molecule has 1 aromatic rings. The molecule has 0 saturated carbocycles. The Bertz CT molecular complexity index is 444. The van der Waals surface area contributed by atoms with Gasteiger partial charge < -0.3 is 0 Å². The van der Waals surface area contributed by atoms with E-state index in [-0.39, 0.29) is 0 Å². The molecule has 10 heteroatoms. The van der Waals surface area contributed by atoms with Crippen molar-refractivity contribution in [1.29, 1.82) is 0 Å². The van der Waals surface area contributed by atoms with Crippen molar-refractivity contribution in [2.75, 3.05) is 0 Å². The topological polar surface area (TPSA) is 0 Å². The van der Waals surface area contributed by atoms with Gasteiger partial charge in [-0.15, -0.1) is 0 Å². The largest absolute Gasteiger partial charge is 0.422 e. The lowest BCUT2D eigenvalue weighted by atomic mass is 10.1. The van der Waals surface area contributed by atoms with E-state index in [9.17, 15) is 39.5 Å². The van der Waals surface area contributed by atoms with E-state index in [1.165, 1.54) is 0 Å². The molecule has 102 valence electrons. The number of halogens is 10. The molecule has 0 fully saturated rings. The molecule has 1 aromatic carbocycles. The van der Waals surface area contributed by atoms with Gasteiger partial charge in [0.1, 0.15) is 11.1 Å². The first-order valence-electron chi connectivity index (χ1n) is 3.89. The van der Waals surface area contributed by atoms with Crippen LogP contribution in [0.25, 0.3) is 0 Å². The highest BCUT2D eigenvalue weighted by molar-refractivity contribution is 9.10. The third kappa shape index (κ3) is 2.43. The van der Waals surface area contributed by atoms with E-state index in [4.69, 9.17) is 0 Å². The highest BCUT2D eigenvalue weighted by atomic mass is 79.9. The summed E-state index contributed by atoms with van der Waals surface area (Å²) in [6, 6.07) is 0. The molecule has 18 heavy (non-hydrogen) atoms. The highest BCUT2D eigenvalue weighted by Crippen LogP contribution is 2.44. The van der Waals surface area contributed by atoms with E-state index in [0.717, 1.165) is 0 Å². The van der Waals surface area contributed by atoms with Crippen molar-refractivity contribution < 1.29 is 39.5 Å². The Morgan fingerprint density at radius 2 is 1.00 bits per heavy atom. The summed E-state index contributed by atoms with van der Waals surface area (Å²) in [5, 5.41) is 0. The maximum atomic E-state index is 13.1. The van der Waals surface area contributed by atoms with E-state index in [1.807, 2.05) is 15.9 Å². The lowest BCUT2D eigenvalue weighted by molar-refractivity contribution is -0.150. The minimum Gasteiger partial charge on any atom is -0.206 e.